The highest BCUT2D eigenvalue weighted by atomic mass is 28.4. The molecule has 0 aromatic rings. The summed E-state index contributed by atoms with van der Waals surface area (Å²) in [5.41, 5.74) is -0.561. The van der Waals surface area contributed by atoms with E-state index in [2.05, 4.69) is 40.4 Å². The second-order valence-electron chi connectivity index (χ2n) is 9.75. The molecule has 0 spiro atoms. The first-order valence-corrected chi connectivity index (χ1v) is 12.9. The number of carbonyl (C=O) groups is 2. The molecule has 0 unspecified atom stereocenters. The fourth-order valence-electron chi connectivity index (χ4n) is 6.28. The fourth-order valence-corrected chi connectivity index (χ4v) is 7.76. The van der Waals surface area contributed by atoms with E-state index in [4.69, 9.17) is 9.16 Å². The van der Waals surface area contributed by atoms with Gasteiger partial charge < -0.3 is 9.16 Å². The van der Waals surface area contributed by atoms with Crippen LogP contribution in [0.3, 0.4) is 0 Å². The molecule has 0 radical (unpaired) electrons. The van der Waals surface area contributed by atoms with Crippen LogP contribution in [0.5, 0.6) is 0 Å². The van der Waals surface area contributed by atoms with Gasteiger partial charge in [-0.15, -0.1) is 0 Å². The second-order valence-corrected chi connectivity index (χ2v) is 14.2. The van der Waals surface area contributed by atoms with Crippen molar-refractivity contribution in [2.45, 2.75) is 71.7 Å². The van der Waals surface area contributed by atoms with E-state index in [1.165, 1.54) is 12.7 Å². The Hall–Kier alpha value is -0.943. The maximum absolute atomic E-state index is 13.2. The zero-order valence-electron chi connectivity index (χ0n) is 16.7. The van der Waals surface area contributed by atoms with Gasteiger partial charge in [-0.3, -0.25) is 4.79 Å². The first-order valence-electron chi connectivity index (χ1n) is 9.46. The van der Waals surface area contributed by atoms with E-state index in [9.17, 15) is 9.59 Å². The largest absolute Gasteiger partial charge is 0.467 e. The summed E-state index contributed by atoms with van der Waals surface area (Å²) in [5.74, 6) is 0.0483. The minimum Gasteiger partial charge on any atom is -0.467 e. The Morgan fingerprint density at radius 2 is 1.88 bits per heavy atom. The van der Waals surface area contributed by atoms with E-state index in [-0.39, 0.29) is 23.6 Å². The fraction of sp³-hybridized carbons (Fsp3) is 0.800. The Morgan fingerprint density at radius 1 is 1.24 bits per heavy atom. The normalized spacial score (nSPS) is 43.5. The molecule has 3 aliphatic rings. The Labute approximate surface area is 152 Å². The number of ether oxygens (including phenoxy) is 1. The smallest absolute Gasteiger partial charge is 0.337 e. The molecule has 3 aliphatic carbocycles. The van der Waals surface area contributed by atoms with Gasteiger partial charge in [-0.2, -0.15) is 0 Å². The van der Waals surface area contributed by atoms with Crippen molar-refractivity contribution >= 4 is 20.1 Å². The summed E-state index contributed by atoms with van der Waals surface area (Å²) in [7, 11) is -0.572. The SMILES string of the molecule is COC(=O)[C@@]1(O[Si](C)(C)C)[C@H](C)CC2=CC(=O)[C@@]3(C)CCC[C@@]1(C)[C@@H]23. The third kappa shape index (κ3) is 2.34. The Balaban J connectivity index is 2.23. The monoisotopic (exact) mass is 364 g/mol. The number of hydrogen-bond donors (Lipinski definition) is 0. The Bertz CT molecular complexity index is 649. The summed E-state index contributed by atoms with van der Waals surface area (Å²) >= 11 is 0. The molecule has 0 N–H and O–H groups in total. The lowest BCUT2D eigenvalue weighted by molar-refractivity contribution is -0.208. The molecule has 2 saturated carbocycles. The molecule has 0 saturated heterocycles. The topological polar surface area (TPSA) is 52.6 Å². The minimum atomic E-state index is -2.03. The lowest BCUT2D eigenvalue weighted by Gasteiger charge is -2.63. The Kier molecular flexibility index (Phi) is 4.16. The van der Waals surface area contributed by atoms with E-state index in [1.807, 2.05) is 6.08 Å². The maximum Gasteiger partial charge on any atom is 0.337 e. The van der Waals surface area contributed by atoms with Gasteiger partial charge in [0.25, 0.3) is 0 Å². The van der Waals surface area contributed by atoms with E-state index >= 15 is 0 Å². The third-order valence-electron chi connectivity index (χ3n) is 6.96. The number of rotatable bonds is 3. The summed E-state index contributed by atoms with van der Waals surface area (Å²) in [5, 5.41) is 0. The lowest BCUT2D eigenvalue weighted by atomic mass is 9.44. The number of allylic oxidation sites excluding steroid dienone is 2. The Morgan fingerprint density at radius 3 is 2.44 bits per heavy atom. The molecular formula is C20H32O4Si. The van der Waals surface area contributed by atoms with Crippen molar-refractivity contribution in [3.05, 3.63) is 11.6 Å². The number of esters is 1. The molecule has 25 heavy (non-hydrogen) atoms. The molecule has 0 bridgehead atoms. The first-order chi connectivity index (χ1) is 11.4. The van der Waals surface area contributed by atoms with Crippen LogP contribution in [0.25, 0.3) is 0 Å². The molecule has 0 aromatic carbocycles. The summed E-state index contributed by atoms with van der Waals surface area (Å²) < 4.78 is 12.1. The molecule has 5 atom stereocenters. The second kappa shape index (κ2) is 5.53. The van der Waals surface area contributed by atoms with Crippen molar-refractivity contribution in [3.8, 4) is 0 Å². The highest BCUT2D eigenvalue weighted by Gasteiger charge is 2.71. The van der Waals surface area contributed by atoms with Crippen LogP contribution >= 0.6 is 0 Å². The summed E-state index contributed by atoms with van der Waals surface area (Å²) in [6, 6.07) is 0. The van der Waals surface area contributed by atoms with Gasteiger partial charge in [0, 0.05) is 16.7 Å². The van der Waals surface area contributed by atoms with Gasteiger partial charge in [0.2, 0.25) is 0 Å². The highest BCUT2D eigenvalue weighted by Crippen LogP contribution is 2.68. The number of hydrogen-bond acceptors (Lipinski definition) is 4. The minimum absolute atomic E-state index is 0.00701. The predicted molar refractivity (Wildman–Crippen MR) is 99.6 cm³/mol. The van der Waals surface area contributed by atoms with Gasteiger partial charge in [0.1, 0.15) is 0 Å². The molecule has 2 fully saturated rings. The molecular weight excluding hydrogens is 332 g/mol. The van der Waals surface area contributed by atoms with Crippen LogP contribution in [-0.2, 0) is 18.8 Å². The average molecular weight is 365 g/mol. The van der Waals surface area contributed by atoms with Gasteiger partial charge in [0.15, 0.2) is 19.7 Å². The van der Waals surface area contributed by atoms with Crippen molar-refractivity contribution in [1.29, 1.82) is 0 Å². The van der Waals surface area contributed by atoms with Crippen LogP contribution < -0.4 is 0 Å². The lowest BCUT2D eigenvalue weighted by Crippen LogP contribution is -2.69. The molecule has 5 heteroatoms. The van der Waals surface area contributed by atoms with Gasteiger partial charge in [-0.1, -0.05) is 32.8 Å². The highest BCUT2D eigenvalue weighted by molar-refractivity contribution is 6.70. The van der Waals surface area contributed by atoms with Crippen molar-refractivity contribution in [1.82, 2.24) is 0 Å². The van der Waals surface area contributed by atoms with E-state index < -0.39 is 24.7 Å². The van der Waals surface area contributed by atoms with Gasteiger partial charge >= 0.3 is 5.97 Å². The quantitative estimate of drug-likeness (QED) is 0.558. The molecule has 0 heterocycles. The van der Waals surface area contributed by atoms with E-state index in [0.29, 0.717) is 0 Å². The van der Waals surface area contributed by atoms with Crippen molar-refractivity contribution in [2.75, 3.05) is 7.11 Å². The van der Waals surface area contributed by atoms with Gasteiger partial charge in [0.05, 0.1) is 7.11 Å². The van der Waals surface area contributed by atoms with Crippen LogP contribution in [0.2, 0.25) is 19.6 Å². The maximum atomic E-state index is 13.2. The van der Waals surface area contributed by atoms with Crippen molar-refractivity contribution in [3.63, 3.8) is 0 Å². The van der Waals surface area contributed by atoms with Gasteiger partial charge in [-0.05, 0) is 50.9 Å². The van der Waals surface area contributed by atoms with Crippen LogP contribution in [0.4, 0.5) is 0 Å². The van der Waals surface area contributed by atoms with Crippen LogP contribution in [0.1, 0.15) is 46.5 Å². The molecule has 140 valence electrons. The van der Waals surface area contributed by atoms with Crippen LogP contribution in [0.15, 0.2) is 11.6 Å². The molecule has 0 amide bonds. The summed E-state index contributed by atoms with van der Waals surface area (Å²) in [6.07, 6.45) is 5.34. The van der Waals surface area contributed by atoms with Crippen molar-refractivity contribution < 1.29 is 18.8 Å². The predicted octanol–water partition coefficient (Wildman–Crippen LogP) is 4.11. The molecule has 0 aliphatic heterocycles. The zero-order valence-corrected chi connectivity index (χ0v) is 17.7. The van der Waals surface area contributed by atoms with E-state index in [0.717, 1.165) is 25.7 Å². The number of ketones is 1. The molecule has 4 nitrogen and oxygen atoms in total. The third-order valence-corrected chi connectivity index (χ3v) is 7.89. The molecule has 3 rings (SSSR count). The zero-order chi connectivity index (χ0) is 18.8. The number of methoxy groups -OCH3 is 1. The summed E-state index contributed by atoms with van der Waals surface area (Å²) in [6.45, 7) is 12.7. The average Bonchev–Trinajstić information content (AvgIpc) is 2.74. The standard InChI is InChI=1S/C20H32O4Si/c1-13-11-14-12-15(21)18(2)9-8-10-19(3,16(14)18)20(13,17(22)23-4)24-25(5,6)7/h12-13,16H,8-11H2,1-7H3/t13-,16+,18-,19+,20+/m1/s1. The number of carbonyl (C=O) groups excluding carboxylic acids is 2. The van der Waals surface area contributed by atoms with E-state index in [1.54, 1.807) is 0 Å². The first kappa shape index (κ1) is 18.8. The molecule has 0 aromatic heterocycles. The van der Waals surface area contributed by atoms with Gasteiger partial charge in [-0.25, -0.2) is 4.79 Å². The van der Waals surface area contributed by atoms with Crippen LogP contribution in [-0.4, -0.2) is 32.8 Å². The summed E-state index contributed by atoms with van der Waals surface area (Å²) in [4.78, 5) is 26.1. The van der Waals surface area contributed by atoms with Crippen molar-refractivity contribution in [2.24, 2.45) is 22.7 Å². The van der Waals surface area contributed by atoms with Crippen LogP contribution in [0, 0.1) is 22.7 Å².